The van der Waals surface area contributed by atoms with E-state index in [0.717, 1.165) is 32.6 Å². The molecule has 0 unspecified atom stereocenters. The van der Waals surface area contributed by atoms with Crippen molar-refractivity contribution in [1.82, 2.24) is 16.0 Å². The Morgan fingerprint density at radius 1 is 1.26 bits per heavy atom. The van der Waals surface area contributed by atoms with Crippen LogP contribution in [0.1, 0.15) is 33.6 Å². The summed E-state index contributed by atoms with van der Waals surface area (Å²) in [6.07, 6.45) is 4.20. The first-order valence-corrected chi connectivity index (χ1v) is 8.91. The van der Waals surface area contributed by atoms with E-state index in [-0.39, 0.29) is 46.7 Å². The Morgan fingerprint density at radius 3 is 2.35 bits per heavy atom. The summed E-state index contributed by atoms with van der Waals surface area (Å²) in [5, 5.41) is 9.31. The molecule has 1 fully saturated rings. The van der Waals surface area contributed by atoms with E-state index in [1.54, 1.807) is 7.05 Å². The first kappa shape index (κ1) is 22.8. The molecular formula is C15H31IN4O2S. The summed E-state index contributed by atoms with van der Waals surface area (Å²) in [5.74, 6) is 0.616. The largest absolute Gasteiger partial charge is 0.381 e. The van der Waals surface area contributed by atoms with Crippen LogP contribution < -0.4 is 16.0 Å². The monoisotopic (exact) mass is 458 g/mol. The Bertz CT molecular complexity index is 393. The average Bonchev–Trinajstić information content (AvgIpc) is 2.46. The minimum atomic E-state index is -0.222. The smallest absolute Gasteiger partial charge is 0.239 e. The third kappa shape index (κ3) is 8.99. The van der Waals surface area contributed by atoms with Gasteiger partial charge in [0.15, 0.2) is 5.96 Å². The molecule has 1 aliphatic heterocycles. The molecule has 1 aliphatic rings. The van der Waals surface area contributed by atoms with Crippen LogP contribution >= 0.6 is 35.7 Å². The maximum absolute atomic E-state index is 11.8. The lowest BCUT2D eigenvalue weighted by Crippen LogP contribution is -2.51. The van der Waals surface area contributed by atoms with Gasteiger partial charge in [0.05, 0.1) is 6.54 Å². The maximum atomic E-state index is 11.8. The van der Waals surface area contributed by atoms with Gasteiger partial charge >= 0.3 is 0 Å². The molecule has 136 valence electrons. The Kier molecular flexibility index (Phi) is 10.5. The molecule has 6 nitrogen and oxygen atoms in total. The highest BCUT2D eigenvalue weighted by molar-refractivity contribution is 14.0. The van der Waals surface area contributed by atoms with E-state index in [4.69, 9.17) is 4.74 Å². The van der Waals surface area contributed by atoms with Gasteiger partial charge in [0, 0.05) is 37.1 Å². The fourth-order valence-corrected chi connectivity index (χ4v) is 3.08. The molecule has 1 amide bonds. The van der Waals surface area contributed by atoms with Crippen LogP contribution in [-0.2, 0) is 9.53 Å². The SMILES string of the molecule is CN=C(NCC(=O)NC(C)(C)C)NCC1(SC)CCOCC1.I. The molecular weight excluding hydrogens is 427 g/mol. The lowest BCUT2D eigenvalue weighted by Gasteiger charge is -2.36. The summed E-state index contributed by atoms with van der Waals surface area (Å²) in [6, 6.07) is 0. The number of rotatable bonds is 5. The zero-order valence-corrected chi connectivity index (χ0v) is 18.0. The van der Waals surface area contributed by atoms with Crippen molar-refractivity contribution >= 4 is 47.6 Å². The molecule has 0 atom stereocenters. The normalized spacial score (nSPS) is 17.9. The molecule has 0 aromatic carbocycles. The van der Waals surface area contributed by atoms with E-state index >= 15 is 0 Å². The third-order valence-electron chi connectivity index (χ3n) is 3.57. The molecule has 0 spiro atoms. The van der Waals surface area contributed by atoms with Gasteiger partial charge in [-0.1, -0.05) is 0 Å². The van der Waals surface area contributed by atoms with E-state index in [1.807, 2.05) is 32.5 Å². The molecule has 3 N–H and O–H groups in total. The minimum absolute atomic E-state index is 0. The van der Waals surface area contributed by atoms with Crippen molar-refractivity contribution in [3.05, 3.63) is 0 Å². The Labute approximate surface area is 161 Å². The van der Waals surface area contributed by atoms with Gasteiger partial charge in [-0.05, 0) is 39.9 Å². The fourth-order valence-electron chi connectivity index (χ4n) is 2.29. The maximum Gasteiger partial charge on any atom is 0.239 e. The molecule has 0 radical (unpaired) electrons. The van der Waals surface area contributed by atoms with E-state index in [0.29, 0.717) is 5.96 Å². The Morgan fingerprint density at radius 2 is 1.87 bits per heavy atom. The van der Waals surface area contributed by atoms with Crippen molar-refractivity contribution < 1.29 is 9.53 Å². The molecule has 1 saturated heterocycles. The minimum Gasteiger partial charge on any atom is -0.381 e. The highest BCUT2D eigenvalue weighted by atomic mass is 127. The summed E-state index contributed by atoms with van der Waals surface area (Å²) in [5.41, 5.74) is -0.222. The number of ether oxygens (including phenoxy) is 1. The summed E-state index contributed by atoms with van der Waals surface area (Å²) >= 11 is 1.87. The molecule has 1 rings (SSSR count). The van der Waals surface area contributed by atoms with Gasteiger partial charge < -0.3 is 20.7 Å². The number of hydrogen-bond donors (Lipinski definition) is 3. The summed E-state index contributed by atoms with van der Waals surface area (Å²) in [6.45, 7) is 8.54. The van der Waals surface area contributed by atoms with Gasteiger partial charge in [0.2, 0.25) is 5.91 Å². The first-order chi connectivity index (χ1) is 10.3. The molecule has 0 aliphatic carbocycles. The number of nitrogens with zero attached hydrogens (tertiary/aromatic N) is 1. The predicted molar refractivity (Wildman–Crippen MR) is 109 cm³/mol. The number of carbonyl (C=O) groups excluding carboxylic acids is 1. The average molecular weight is 458 g/mol. The fraction of sp³-hybridized carbons (Fsp3) is 0.867. The first-order valence-electron chi connectivity index (χ1n) is 7.69. The van der Waals surface area contributed by atoms with Gasteiger partial charge in [0.25, 0.3) is 0 Å². The number of hydrogen-bond acceptors (Lipinski definition) is 4. The lowest BCUT2D eigenvalue weighted by atomic mass is 9.99. The van der Waals surface area contributed by atoms with E-state index < -0.39 is 0 Å². The van der Waals surface area contributed by atoms with Crippen LogP contribution in [0.3, 0.4) is 0 Å². The second-order valence-electron chi connectivity index (χ2n) is 6.58. The van der Waals surface area contributed by atoms with Crippen LogP contribution in [0.25, 0.3) is 0 Å². The molecule has 8 heteroatoms. The van der Waals surface area contributed by atoms with Crippen molar-refractivity contribution in [3.63, 3.8) is 0 Å². The standard InChI is InChI=1S/C15H30N4O2S.HI/c1-14(2,3)19-12(20)10-17-13(16-4)18-11-15(22-5)6-8-21-9-7-15;/h6-11H2,1-5H3,(H,19,20)(H2,16,17,18);1H. The number of guanidine groups is 1. The molecule has 1 heterocycles. The van der Waals surface area contributed by atoms with Crippen LogP contribution in [0.4, 0.5) is 0 Å². The van der Waals surface area contributed by atoms with Gasteiger partial charge in [-0.25, -0.2) is 0 Å². The van der Waals surface area contributed by atoms with Crippen LogP contribution in [0.15, 0.2) is 4.99 Å². The molecule has 23 heavy (non-hydrogen) atoms. The Hall–Kier alpha value is -0.220. The zero-order chi connectivity index (χ0) is 16.6. The van der Waals surface area contributed by atoms with E-state index in [2.05, 4.69) is 27.2 Å². The lowest BCUT2D eigenvalue weighted by molar-refractivity contribution is -0.121. The van der Waals surface area contributed by atoms with Crippen LogP contribution in [0.2, 0.25) is 0 Å². The van der Waals surface area contributed by atoms with Crippen molar-refractivity contribution in [2.24, 2.45) is 4.99 Å². The molecule has 0 saturated carbocycles. The number of nitrogens with one attached hydrogen (secondary N) is 3. The number of halogens is 1. The topological polar surface area (TPSA) is 74.8 Å². The number of thioether (sulfide) groups is 1. The summed E-state index contributed by atoms with van der Waals surface area (Å²) < 4.78 is 5.63. The van der Waals surface area contributed by atoms with E-state index in [9.17, 15) is 4.79 Å². The Balaban J connectivity index is 0.00000484. The van der Waals surface area contributed by atoms with Crippen LogP contribution in [0, 0.1) is 0 Å². The molecule has 0 bridgehead atoms. The second-order valence-corrected chi connectivity index (χ2v) is 7.85. The van der Waals surface area contributed by atoms with Crippen molar-refractivity contribution in [2.75, 3.05) is 39.6 Å². The van der Waals surface area contributed by atoms with Gasteiger partial charge in [0.1, 0.15) is 0 Å². The number of aliphatic imine (C=N–C) groups is 1. The number of amides is 1. The quantitative estimate of drug-likeness (QED) is 0.332. The highest BCUT2D eigenvalue weighted by Crippen LogP contribution is 2.32. The van der Waals surface area contributed by atoms with E-state index in [1.165, 1.54) is 0 Å². The van der Waals surface area contributed by atoms with Gasteiger partial charge in [-0.15, -0.1) is 24.0 Å². The van der Waals surface area contributed by atoms with Crippen LogP contribution in [0.5, 0.6) is 0 Å². The molecule has 0 aromatic rings. The van der Waals surface area contributed by atoms with Crippen LogP contribution in [-0.4, -0.2) is 61.8 Å². The highest BCUT2D eigenvalue weighted by Gasteiger charge is 2.31. The molecule has 0 aromatic heterocycles. The summed E-state index contributed by atoms with van der Waals surface area (Å²) in [7, 11) is 1.72. The zero-order valence-electron chi connectivity index (χ0n) is 14.8. The van der Waals surface area contributed by atoms with Crippen molar-refractivity contribution in [2.45, 2.75) is 43.9 Å². The van der Waals surface area contributed by atoms with Gasteiger partial charge in [-0.3, -0.25) is 9.79 Å². The number of carbonyl (C=O) groups is 1. The second kappa shape index (κ2) is 10.6. The van der Waals surface area contributed by atoms with Crippen molar-refractivity contribution in [1.29, 1.82) is 0 Å². The summed E-state index contributed by atoms with van der Waals surface area (Å²) in [4.78, 5) is 16.0. The predicted octanol–water partition coefficient (Wildman–Crippen LogP) is 1.60. The van der Waals surface area contributed by atoms with Crippen molar-refractivity contribution in [3.8, 4) is 0 Å². The van der Waals surface area contributed by atoms with Gasteiger partial charge in [-0.2, -0.15) is 11.8 Å². The third-order valence-corrected chi connectivity index (χ3v) is 4.99.